The molecule has 0 fully saturated rings. The SMILES string of the molecule is Cc1ccc(NC(=O)Nc2ccccc2)cc1NC(=O)CCOc1cccc(Cl)c1. The minimum Gasteiger partial charge on any atom is -0.493 e. The maximum Gasteiger partial charge on any atom is 0.323 e. The van der Waals surface area contributed by atoms with Gasteiger partial charge in [-0.1, -0.05) is 41.9 Å². The summed E-state index contributed by atoms with van der Waals surface area (Å²) >= 11 is 5.91. The van der Waals surface area contributed by atoms with Gasteiger partial charge in [-0.2, -0.15) is 0 Å². The first-order chi connectivity index (χ1) is 14.5. The average Bonchev–Trinajstić information content (AvgIpc) is 2.71. The van der Waals surface area contributed by atoms with Crippen LogP contribution in [0.15, 0.2) is 72.8 Å². The zero-order valence-electron chi connectivity index (χ0n) is 16.4. The van der Waals surface area contributed by atoms with Crippen molar-refractivity contribution in [2.45, 2.75) is 13.3 Å². The molecule has 0 bridgehead atoms. The summed E-state index contributed by atoms with van der Waals surface area (Å²) in [5, 5.41) is 8.94. The Labute approximate surface area is 180 Å². The highest BCUT2D eigenvalue weighted by molar-refractivity contribution is 6.30. The maximum absolute atomic E-state index is 12.3. The van der Waals surface area contributed by atoms with E-state index in [0.29, 0.717) is 27.8 Å². The third-order valence-corrected chi connectivity index (χ3v) is 4.43. The van der Waals surface area contributed by atoms with Crippen LogP contribution in [0.4, 0.5) is 21.9 Å². The van der Waals surface area contributed by atoms with Gasteiger partial charge < -0.3 is 20.7 Å². The molecule has 0 aliphatic rings. The van der Waals surface area contributed by atoms with Crippen LogP contribution < -0.4 is 20.7 Å². The van der Waals surface area contributed by atoms with E-state index in [4.69, 9.17) is 16.3 Å². The number of halogens is 1. The molecule has 0 saturated heterocycles. The van der Waals surface area contributed by atoms with Crippen LogP contribution in [0.3, 0.4) is 0 Å². The Hall–Kier alpha value is -3.51. The molecule has 0 heterocycles. The Balaban J connectivity index is 1.52. The van der Waals surface area contributed by atoms with Gasteiger partial charge in [0.15, 0.2) is 0 Å². The quantitative estimate of drug-likeness (QED) is 0.456. The lowest BCUT2D eigenvalue weighted by Crippen LogP contribution is -2.20. The summed E-state index contributed by atoms with van der Waals surface area (Å²) in [6, 6.07) is 21.1. The topological polar surface area (TPSA) is 79.5 Å². The van der Waals surface area contributed by atoms with E-state index in [2.05, 4.69) is 16.0 Å². The van der Waals surface area contributed by atoms with E-state index >= 15 is 0 Å². The van der Waals surface area contributed by atoms with Crippen LogP contribution in [0.1, 0.15) is 12.0 Å². The van der Waals surface area contributed by atoms with Crippen molar-refractivity contribution in [1.82, 2.24) is 0 Å². The number of ether oxygens (including phenoxy) is 1. The molecule has 3 aromatic rings. The minimum absolute atomic E-state index is 0.179. The van der Waals surface area contributed by atoms with Crippen LogP contribution in [0.5, 0.6) is 5.75 Å². The summed E-state index contributed by atoms with van der Waals surface area (Å²) in [5.74, 6) is 0.424. The number of aryl methyl sites for hydroxylation is 1. The molecule has 0 unspecified atom stereocenters. The molecule has 0 radical (unpaired) electrons. The molecule has 0 aromatic heterocycles. The normalized spacial score (nSPS) is 10.2. The first-order valence-electron chi connectivity index (χ1n) is 9.41. The van der Waals surface area contributed by atoms with Gasteiger partial charge >= 0.3 is 6.03 Å². The number of hydrogen-bond donors (Lipinski definition) is 3. The van der Waals surface area contributed by atoms with Gasteiger partial charge in [0.2, 0.25) is 5.91 Å². The van der Waals surface area contributed by atoms with Crippen molar-refractivity contribution in [3.05, 3.63) is 83.4 Å². The number of rotatable bonds is 7. The number of benzene rings is 3. The molecule has 0 aliphatic heterocycles. The van der Waals surface area contributed by atoms with Crippen LogP contribution in [0.2, 0.25) is 5.02 Å². The van der Waals surface area contributed by atoms with E-state index < -0.39 is 0 Å². The smallest absolute Gasteiger partial charge is 0.323 e. The van der Waals surface area contributed by atoms with Crippen molar-refractivity contribution in [2.75, 3.05) is 22.6 Å². The van der Waals surface area contributed by atoms with Gasteiger partial charge in [0, 0.05) is 22.1 Å². The van der Waals surface area contributed by atoms with Crippen LogP contribution >= 0.6 is 11.6 Å². The molecular formula is C23H22ClN3O3. The zero-order valence-corrected chi connectivity index (χ0v) is 17.2. The number of para-hydroxylation sites is 1. The van der Waals surface area contributed by atoms with Gasteiger partial charge in [-0.05, 0) is 55.0 Å². The lowest BCUT2D eigenvalue weighted by atomic mass is 10.1. The second-order valence-electron chi connectivity index (χ2n) is 6.58. The number of anilines is 3. The molecule has 3 aromatic carbocycles. The largest absolute Gasteiger partial charge is 0.493 e. The summed E-state index contributed by atoms with van der Waals surface area (Å²) in [6.45, 7) is 2.11. The predicted molar refractivity (Wildman–Crippen MR) is 120 cm³/mol. The number of carbonyl (C=O) groups is 2. The monoisotopic (exact) mass is 423 g/mol. The van der Waals surface area contributed by atoms with Gasteiger partial charge in [-0.25, -0.2) is 4.79 Å². The van der Waals surface area contributed by atoms with Crippen molar-refractivity contribution in [2.24, 2.45) is 0 Å². The Morgan fingerprint density at radius 1 is 0.867 bits per heavy atom. The second kappa shape index (κ2) is 10.3. The van der Waals surface area contributed by atoms with Gasteiger partial charge in [-0.15, -0.1) is 0 Å². The van der Waals surface area contributed by atoms with E-state index in [1.165, 1.54) is 0 Å². The lowest BCUT2D eigenvalue weighted by molar-refractivity contribution is -0.116. The highest BCUT2D eigenvalue weighted by Gasteiger charge is 2.09. The Morgan fingerprint density at radius 3 is 2.40 bits per heavy atom. The molecule has 0 saturated carbocycles. The summed E-state index contributed by atoms with van der Waals surface area (Å²) in [4.78, 5) is 24.4. The van der Waals surface area contributed by atoms with E-state index in [1.54, 1.807) is 48.5 Å². The summed E-state index contributed by atoms with van der Waals surface area (Å²) < 4.78 is 5.55. The van der Waals surface area contributed by atoms with Crippen LogP contribution in [0.25, 0.3) is 0 Å². The van der Waals surface area contributed by atoms with Gasteiger partial charge in [-0.3, -0.25) is 4.79 Å². The highest BCUT2D eigenvalue weighted by Crippen LogP contribution is 2.21. The summed E-state index contributed by atoms with van der Waals surface area (Å²) in [5.41, 5.74) is 2.77. The minimum atomic E-state index is -0.364. The third kappa shape index (κ3) is 6.53. The summed E-state index contributed by atoms with van der Waals surface area (Å²) in [6.07, 6.45) is 0.179. The van der Waals surface area contributed by atoms with Gasteiger partial charge in [0.1, 0.15) is 5.75 Å². The zero-order chi connectivity index (χ0) is 21.3. The Morgan fingerprint density at radius 2 is 1.63 bits per heavy atom. The van der Waals surface area contributed by atoms with Crippen LogP contribution in [0, 0.1) is 6.92 Å². The van der Waals surface area contributed by atoms with E-state index in [9.17, 15) is 9.59 Å². The first kappa shape index (κ1) is 21.2. The van der Waals surface area contributed by atoms with Gasteiger partial charge in [0.25, 0.3) is 0 Å². The highest BCUT2D eigenvalue weighted by atomic mass is 35.5. The van der Waals surface area contributed by atoms with Crippen molar-refractivity contribution >= 4 is 40.6 Å². The first-order valence-corrected chi connectivity index (χ1v) is 9.79. The molecule has 154 valence electrons. The molecule has 3 rings (SSSR count). The molecular weight excluding hydrogens is 402 g/mol. The van der Waals surface area contributed by atoms with Crippen molar-refractivity contribution < 1.29 is 14.3 Å². The molecule has 30 heavy (non-hydrogen) atoms. The molecule has 0 atom stereocenters. The number of amides is 3. The Bertz CT molecular complexity index is 1030. The van der Waals surface area contributed by atoms with E-state index in [-0.39, 0.29) is 25.0 Å². The molecule has 7 heteroatoms. The maximum atomic E-state index is 12.3. The fourth-order valence-corrected chi connectivity index (χ4v) is 2.86. The molecule has 0 aliphatic carbocycles. The Kier molecular flexibility index (Phi) is 7.29. The number of urea groups is 1. The lowest BCUT2D eigenvalue weighted by Gasteiger charge is -2.12. The number of hydrogen-bond acceptors (Lipinski definition) is 3. The van der Waals surface area contributed by atoms with Crippen molar-refractivity contribution in [3.63, 3.8) is 0 Å². The third-order valence-electron chi connectivity index (χ3n) is 4.20. The molecule has 6 nitrogen and oxygen atoms in total. The fourth-order valence-electron chi connectivity index (χ4n) is 2.68. The standard InChI is InChI=1S/C23H22ClN3O3/c1-16-10-11-19(26-23(29)25-18-7-3-2-4-8-18)15-21(16)27-22(28)12-13-30-20-9-5-6-17(24)14-20/h2-11,14-15H,12-13H2,1H3,(H,27,28)(H2,25,26,29). The van der Waals surface area contributed by atoms with Crippen molar-refractivity contribution in [3.8, 4) is 5.75 Å². The van der Waals surface area contributed by atoms with E-state index in [0.717, 1.165) is 5.56 Å². The van der Waals surface area contributed by atoms with Gasteiger partial charge in [0.05, 0.1) is 13.0 Å². The van der Waals surface area contributed by atoms with Crippen molar-refractivity contribution in [1.29, 1.82) is 0 Å². The predicted octanol–water partition coefficient (Wildman–Crippen LogP) is 5.70. The van der Waals surface area contributed by atoms with Crippen LogP contribution in [-0.4, -0.2) is 18.5 Å². The number of carbonyl (C=O) groups excluding carboxylic acids is 2. The molecule has 3 amide bonds. The fraction of sp³-hybridized carbons (Fsp3) is 0.130. The summed E-state index contributed by atoms with van der Waals surface area (Å²) in [7, 11) is 0. The second-order valence-corrected chi connectivity index (χ2v) is 7.02. The molecule has 3 N–H and O–H groups in total. The average molecular weight is 424 g/mol. The number of nitrogens with one attached hydrogen (secondary N) is 3. The van der Waals surface area contributed by atoms with E-state index in [1.807, 2.05) is 31.2 Å². The molecule has 0 spiro atoms. The van der Waals surface area contributed by atoms with Crippen LogP contribution in [-0.2, 0) is 4.79 Å².